The van der Waals surface area contributed by atoms with Gasteiger partial charge in [-0.2, -0.15) is 5.26 Å². The zero-order valence-electron chi connectivity index (χ0n) is 15.2. The molecule has 0 bridgehead atoms. The zero-order chi connectivity index (χ0) is 19.5. The first-order valence-electron chi connectivity index (χ1n) is 8.78. The van der Waals surface area contributed by atoms with Crippen molar-refractivity contribution in [2.75, 3.05) is 18.5 Å². The fraction of sp³-hybridized carbons (Fsp3) is 0.286. The third-order valence-corrected chi connectivity index (χ3v) is 3.71. The highest BCUT2D eigenvalue weighted by Gasteiger charge is 2.08. The third kappa shape index (κ3) is 6.83. The van der Waals surface area contributed by atoms with Crippen molar-refractivity contribution in [3.8, 4) is 11.8 Å². The smallest absolute Gasteiger partial charge is 0.338 e. The van der Waals surface area contributed by atoms with Gasteiger partial charge >= 0.3 is 5.97 Å². The number of amides is 1. The Balaban J connectivity index is 1.79. The zero-order valence-corrected chi connectivity index (χ0v) is 15.2. The first kappa shape index (κ1) is 20.0. The molecule has 0 unspecified atom stereocenters. The summed E-state index contributed by atoms with van der Waals surface area (Å²) in [6.45, 7) is 2.28. The van der Waals surface area contributed by atoms with Gasteiger partial charge in [-0.25, -0.2) is 4.79 Å². The number of carbonyl (C=O) groups is 2. The number of hydrogen-bond acceptors (Lipinski definition) is 5. The van der Waals surface area contributed by atoms with E-state index < -0.39 is 0 Å². The van der Waals surface area contributed by atoms with E-state index in [-0.39, 0.29) is 18.5 Å². The van der Waals surface area contributed by atoms with Crippen LogP contribution >= 0.6 is 0 Å². The van der Waals surface area contributed by atoms with Crippen LogP contribution < -0.4 is 10.1 Å². The van der Waals surface area contributed by atoms with Crippen LogP contribution in [0.25, 0.3) is 0 Å². The van der Waals surface area contributed by atoms with Gasteiger partial charge in [-0.1, -0.05) is 25.5 Å². The van der Waals surface area contributed by atoms with Gasteiger partial charge in [-0.15, -0.1) is 0 Å². The van der Waals surface area contributed by atoms with Crippen LogP contribution in [0.5, 0.6) is 5.75 Å². The summed E-state index contributed by atoms with van der Waals surface area (Å²) in [5.41, 5.74) is 1.97. The van der Waals surface area contributed by atoms with Crippen molar-refractivity contribution in [3.63, 3.8) is 0 Å². The summed E-state index contributed by atoms with van der Waals surface area (Å²) in [6.07, 6.45) is 2.13. The summed E-state index contributed by atoms with van der Waals surface area (Å²) in [5.74, 6) is -0.182. The number of nitriles is 1. The highest BCUT2D eigenvalue weighted by Crippen LogP contribution is 2.14. The Bertz CT molecular complexity index is 792. The Morgan fingerprint density at radius 1 is 1.07 bits per heavy atom. The molecule has 2 rings (SSSR count). The lowest BCUT2D eigenvalue weighted by Crippen LogP contribution is -2.20. The van der Waals surface area contributed by atoms with E-state index in [1.807, 2.05) is 6.92 Å². The Hall–Kier alpha value is -3.33. The van der Waals surface area contributed by atoms with Gasteiger partial charge < -0.3 is 14.8 Å². The first-order valence-corrected chi connectivity index (χ1v) is 8.78. The molecule has 0 aliphatic heterocycles. The molecule has 6 nitrogen and oxygen atoms in total. The molecule has 27 heavy (non-hydrogen) atoms. The van der Waals surface area contributed by atoms with Crippen LogP contribution in [-0.2, 0) is 16.0 Å². The van der Waals surface area contributed by atoms with Crippen molar-refractivity contribution in [1.29, 1.82) is 5.26 Å². The maximum absolute atomic E-state index is 12.0. The molecule has 0 saturated carbocycles. The molecule has 0 spiro atoms. The first-order chi connectivity index (χ1) is 13.1. The van der Waals surface area contributed by atoms with Crippen molar-refractivity contribution in [1.82, 2.24) is 0 Å². The van der Waals surface area contributed by atoms with Gasteiger partial charge in [0.1, 0.15) is 5.75 Å². The van der Waals surface area contributed by atoms with Crippen molar-refractivity contribution >= 4 is 17.6 Å². The molecule has 0 saturated heterocycles. The molecular weight excluding hydrogens is 344 g/mol. The lowest BCUT2D eigenvalue weighted by molar-refractivity contribution is -0.118. The van der Waals surface area contributed by atoms with Crippen molar-refractivity contribution < 1.29 is 19.1 Å². The summed E-state index contributed by atoms with van der Waals surface area (Å²) in [4.78, 5) is 23.8. The number of unbranched alkanes of at least 4 members (excludes halogenated alkanes) is 1. The average Bonchev–Trinajstić information content (AvgIpc) is 2.68. The number of nitrogens with zero attached hydrogens (tertiary/aromatic N) is 1. The van der Waals surface area contributed by atoms with Gasteiger partial charge in [0.15, 0.2) is 6.61 Å². The molecule has 6 heteroatoms. The second kappa shape index (κ2) is 10.6. The van der Waals surface area contributed by atoms with E-state index in [2.05, 4.69) is 11.4 Å². The number of anilines is 1. The average molecular weight is 366 g/mol. The van der Waals surface area contributed by atoms with Crippen LogP contribution in [0, 0.1) is 11.3 Å². The van der Waals surface area contributed by atoms with Crippen molar-refractivity contribution in [3.05, 3.63) is 59.7 Å². The molecule has 0 aromatic heterocycles. The van der Waals surface area contributed by atoms with E-state index in [0.29, 0.717) is 30.0 Å². The highest BCUT2D eigenvalue weighted by molar-refractivity contribution is 5.92. The quantitative estimate of drug-likeness (QED) is 0.540. The minimum atomic E-state index is -0.368. The predicted molar refractivity (Wildman–Crippen MR) is 102 cm³/mol. The van der Waals surface area contributed by atoms with Crippen LogP contribution in [0.2, 0.25) is 0 Å². The maximum Gasteiger partial charge on any atom is 0.338 e. The molecule has 2 aromatic rings. The Kier molecular flexibility index (Phi) is 7.86. The number of benzene rings is 2. The van der Waals surface area contributed by atoms with Gasteiger partial charge in [0.05, 0.1) is 24.7 Å². The van der Waals surface area contributed by atoms with E-state index in [9.17, 15) is 9.59 Å². The number of hydrogen-bond donors (Lipinski definition) is 1. The molecule has 0 heterocycles. The van der Waals surface area contributed by atoms with Crippen LogP contribution in [0.4, 0.5) is 5.69 Å². The van der Waals surface area contributed by atoms with Gasteiger partial charge in [-0.3, -0.25) is 4.79 Å². The van der Waals surface area contributed by atoms with Crippen molar-refractivity contribution in [2.24, 2.45) is 0 Å². The summed E-state index contributed by atoms with van der Waals surface area (Å²) in [7, 11) is 0. The number of rotatable bonds is 9. The van der Waals surface area contributed by atoms with E-state index in [0.717, 1.165) is 18.4 Å². The Labute approximate surface area is 158 Å². The molecule has 0 radical (unpaired) electrons. The van der Waals surface area contributed by atoms with Crippen LogP contribution in [0.3, 0.4) is 0 Å². The standard InChI is InChI=1S/C21H22N2O4/c1-2-3-14-26-21(25)17-6-10-19(11-7-17)27-15-20(24)23-18-8-4-16(5-9-18)12-13-22/h4-11H,2-3,12,14-15H2,1H3,(H,23,24). The maximum atomic E-state index is 12.0. The van der Waals surface area contributed by atoms with Crippen LogP contribution in [0.1, 0.15) is 35.7 Å². The highest BCUT2D eigenvalue weighted by atomic mass is 16.5. The summed E-state index contributed by atoms with van der Waals surface area (Å²) in [5, 5.41) is 11.4. The topological polar surface area (TPSA) is 88.4 Å². The lowest BCUT2D eigenvalue weighted by atomic mass is 10.1. The van der Waals surface area contributed by atoms with E-state index >= 15 is 0 Å². The summed E-state index contributed by atoms with van der Waals surface area (Å²) < 4.78 is 10.6. The normalized spacial score (nSPS) is 9.93. The molecular formula is C21H22N2O4. The Morgan fingerprint density at radius 3 is 2.41 bits per heavy atom. The van der Waals surface area contributed by atoms with Crippen LogP contribution in [0.15, 0.2) is 48.5 Å². The minimum absolute atomic E-state index is 0.153. The molecule has 1 amide bonds. The number of carbonyl (C=O) groups excluding carboxylic acids is 2. The summed E-state index contributed by atoms with van der Waals surface area (Å²) >= 11 is 0. The van der Waals surface area contributed by atoms with Crippen molar-refractivity contribution in [2.45, 2.75) is 26.2 Å². The molecule has 0 aliphatic rings. The van der Waals surface area contributed by atoms with Crippen LogP contribution in [-0.4, -0.2) is 25.1 Å². The molecule has 140 valence electrons. The molecule has 0 aliphatic carbocycles. The van der Waals surface area contributed by atoms with E-state index in [1.54, 1.807) is 48.5 Å². The summed E-state index contributed by atoms with van der Waals surface area (Å²) in [6, 6.07) is 15.6. The SMILES string of the molecule is CCCCOC(=O)c1ccc(OCC(=O)Nc2ccc(CC#N)cc2)cc1. The minimum Gasteiger partial charge on any atom is -0.484 e. The second-order valence-electron chi connectivity index (χ2n) is 5.88. The van der Waals surface area contributed by atoms with Gasteiger partial charge in [0.25, 0.3) is 5.91 Å². The van der Waals surface area contributed by atoms with Gasteiger partial charge in [0.2, 0.25) is 0 Å². The molecule has 0 atom stereocenters. The van der Waals surface area contributed by atoms with E-state index in [1.165, 1.54) is 0 Å². The van der Waals surface area contributed by atoms with Gasteiger partial charge in [-0.05, 0) is 48.4 Å². The number of ether oxygens (including phenoxy) is 2. The third-order valence-electron chi connectivity index (χ3n) is 3.71. The fourth-order valence-corrected chi connectivity index (χ4v) is 2.22. The van der Waals surface area contributed by atoms with E-state index in [4.69, 9.17) is 14.7 Å². The largest absolute Gasteiger partial charge is 0.484 e. The lowest BCUT2D eigenvalue weighted by Gasteiger charge is -2.09. The monoisotopic (exact) mass is 366 g/mol. The fourth-order valence-electron chi connectivity index (χ4n) is 2.22. The predicted octanol–water partition coefficient (Wildman–Crippen LogP) is 3.73. The second-order valence-corrected chi connectivity index (χ2v) is 5.88. The van der Waals surface area contributed by atoms with Gasteiger partial charge in [0, 0.05) is 5.69 Å². The number of esters is 1. The molecule has 1 N–H and O–H groups in total. The molecule has 0 fully saturated rings. The molecule has 2 aromatic carbocycles. The number of nitrogens with one attached hydrogen (secondary N) is 1. The Morgan fingerprint density at radius 2 is 1.78 bits per heavy atom.